The van der Waals surface area contributed by atoms with Crippen molar-refractivity contribution >= 4 is 27.5 Å². The molecule has 1 rings (SSSR count). The van der Waals surface area contributed by atoms with Crippen LogP contribution < -0.4 is 5.32 Å². The van der Waals surface area contributed by atoms with Crippen LogP contribution in [0.15, 0.2) is 22.7 Å². The van der Waals surface area contributed by atoms with Gasteiger partial charge in [-0.3, -0.25) is 0 Å². The Labute approximate surface area is 112 Å². The number of rotatable bonds is 5. The summed E-state index contributed by atoms with van der Waals surface area (Å²) in [7, 11) is 0. The third-order valence-electron chi connectivity index (χ3n) is 2.60. The SMILES string of the molecule is CC(C)CCNC(C)c1ccc(Br)cc1Cl. The average Bonchev–Trinajstić information content (AvgIpc) is 2.16. The molecule has 0 aliphatic rings. The van der Waals surface area contributed by atoms with Crippen LogP contribution >= 0.6 is 27.5 Å². The second-order valence-electron chi connectivity index (χ2n) is 4.52. The Bertz CT molecular complexity index is 339. The van der Waals surface area contributed by atoms with Crippen LogP contribution in [-0.2, 0) is 0 Å². The van der Waals surface area contributed by atoms with E-state index in [4.69, 9.17) is 11.6 Å². The summed E-state index contributed by atoms with van der Waals surface area (Å²) in [4.78, 5) is 0. The molecule has 0 aliphatic heterocycles. The first-order chi connectivity index (χ1) is 7.50. The molecule has 0 heterocycles. The van der Waals surface area contributed by atoms with E-state index < -0.39 is 0 Å². The van der Waals surface area contributed by atoms with Gasteiger partial charge in [-0.05, 0) is 43.5 Å². The highest BCUT2D eigenvalue weighted by molar-refractivity contribution is 9.10. The second-order valence-corrected chi connectivity index (χ2v) is 5.85. The maximum Gasteiger partial charge on any atom is 0.0464 e. The Kier molecular flexibility index (Phi) is 5.81. The molecular formula is C13H19BrClN. The number of halogens is 2. The van der Waals surface area contributed by atoms with Gasteiger partial charge >= 0.3 is 0 Å². The molecule has 1 unspecified atom stereocenters. The summed E-state index contributed by atoms with van der Waals surface area (Å²) in [5.74, 6) is 0.736. The first-order valence-corrected chi connectivity index (χ1v) is 6.86. The van der Waals surface area contributed by atoms with Gasteiger partial charge in [0.2, 0.25) is 0 Å². The van der Waals surface area contributed by atoms with E-state index in [1.165, 1.54) is 6.42 Å². The molecule has 0 amide bonds. The Morgan fingerprint density at radius 2 is 2.00 bits per heavy atom. The molecule has 0 saturated heterocycles. The average molecular weight is 305 g/mol. The molecule has 16 heavy (non-hydrogen) atoms. The fourth-order valence-electron chi connectivity index (χ4n) is 1.55. The third-order valence-corrected chi connectivity index (χ3v) is 3.42. The molecule has 1 aromatic carbocycles. The molecule has 0 saturated carbocycles. The lowest BCUT2D eigenvalue weighted by Gasteiger charge is -2.16. The van der Waals surface area contributed by atoms with E-state index in [1.807, 2.05) is 12.1 Å². The second kappa shape index (κ2) is 6.63. The summed E-state index contributed by atoms with van der Waals surface area (Å²) in [5, 5.41) is 4.31. The highest BCUT2D eigenvalue weighted by Crippen LogP contribution is 2.26. The summed E-state index contributed by atoms with van der Waals surface area (Å²) in [6.07, 6.45) is 1.19. The molecule has 1 N–H and O–H groups in total. The molecule has 0 aliphatic carbocycles. The van der Waals surface area contributed by atoms with Crippen LogP contribution in [0.1, 0.15) is 38.8 Å². The number of nitrogens with one attached hydrogen (secondary N) is 1. The van der Waals surface area contributed by atoms with E-state index in [1.54, 1.807) is 0 Å². The molecule has 90 valence electrons. The van der Waals surface area contributed by atoms with Crippen molar-refractivity contribution in [3.8, 4) is 0 Å². The molecule has 1 aromatic rings. The van der Waals surface area contributed by atoms with Crippen molar-refractivity contribution in [2.24, 2.45) is 5.92 Å². The Hall–Kier alpha value is -0.0500. The van der Waals surface area contributed by atoms with E-state index >= 15 is 0 Å². The zero-order valence-corrected chi connectivity index (χ0v) is 12.4. The normalized spacial score (nSPS) is 13.1. The van der Waals surface area contributed by atoms with Crippen molar-refractivity contribution in [1.29, 1.82) is 0 Å². The van der Waals surface area contributed by atoms with Crippen molar-refractivity contribution in [1.82, 2.24) is 5.32 Å². The van der Waals surface area contributed by atoms with E-state index in [0.717, 1.165) is 27.5 Å². The van der Waals surface area contributed by atoms with E-state index in [9.17, 15) is 0 Å². The summed E-state index contributed by atoms with van der Waals surface area (Å²) in [6, 6.07) is 6.35. The minimum absolute atomic E-state index is 0.305. The van der Waals surface area contributed by atoms with Gasteiger partial charge in [-0.2, -0.15) is 0 Å². The minimum atomic E-state index is 0.305. The van der Waals surface area contributed by atoms with Crippen LogP contribution in [0.25, 0.3) is 0 Å². The van der Waals surface area contributed by atoms with Gasteiger partial charge in [0.15, 0.2) is 0 Å². The van der Waals surface area contributed by atoms with Crippen molar-refractivity contribution in [2.75, 3.05) is 6.54 Å². The summed E-state index contributed by atoms with van der Waals surface area (Å²) < 4.78 is 1.02. The number of hydrogen-bond donors (Lipinski definition) is 1. The highest BCUT2D eigenvalue weighted by Gasteiger charge is 2.09. The lowest BCUT2D eigenvalue weighted by atomic mass is 10.1. The van der Waals surface area contributed by atoms with Crippen molar-refractivity contribution in [2.45, 2.75) is 33.2 Å². The Balaban J connectivity index is 2.55. The molecule has 1 nitrogen and oxygen atoms in total. The lowest BCUT2D eigenvalue weighted by Crippen LogP contribution is -2.21. The molecule has 0 aromatic heterocycles. The van der Waals surface area contributed by atoms with Crippen LogP contribution in [0.3, 0.4) is 0 Å². The lowest BCUT2D eigenvalue weighted by molar-refractivity contribution is 0.497. The number of hydrogen-bond acceptors (Lipinski definition) is 1. The predicted molar refractivity (Wildman–Crippen MR) is 75.0 cm³/mol. The monoisotopic (exact) mass is 303 g/mol. The third kappa shape index (κ3) is 4.44. The Morgan fingerprint density at radius 3 is 2.56 bits per heavy atom. The van der Waals surface area contributed by atoms with Gasteiger partial charge in [-0.15, -0.1) is 0 Å². The zero-order valence-electron chi connectivity index (χ0n) is 10.1. The largest absolute Gasteiger partial charge is 0.310 e. The fraction of sp³-hybridized carbons (Fsp3) is 0.538. The first-order valence-electron chi connectivity index (χ1n) is 5.69. The maximum absolute atomic E-state index is 6.20. The molecule has 1 atom stereocenters. The number of benzene rings is 1. The van der Waals surface area contributed by atoms with Crippen molar-refractivity contribution < 1.29 is 0 Å². The van der Waals surface area contributed by atoms with Crippen molar-refractivity contribution in [3.05, 3.63) is 33.3 Å². The van der Waals surface area contributed by atoms with Gasteiger partial charge in [-0.1, -0.05) is 47.4 Å². The standard InChI is InChI=1S/C13H19BrClN/c1-9(2)6-7-16-10(3)12-5-4-11(14)8-13(12)15/h4-5,8-10,16H,6-7H2,1-3H3. The van der Waals surface area contributed by atoms with Crippen molar-refractivity contribution in [3.63, 3.8) is 0 Å². The topological polar surface area (TPSA) is 12.0 Å². The van der Waals surface area contributed by atoms with E-state index in [-0.39, 0.29) is 0 Å². The summed E-state index contributed by atoms with van der Waals surface area (Å²) in [6.45, 7) is 7.65. The van der Waals surface area contributed by atoms with Crippen LogP contribution in [0, 0.1) is 5.92 Å². The van der Waals surface area contributed by atoms with Gasteiger partial charge in [-0.25, -0.2) is 0 Å². The molecular weight excluding hydrogens is 286 g/mol. The Morgan fingerprint density at radius 1 is 1.31 bits per heavy atom. The molecule has 0 bridgehead atoms. The van der Waals surface area contributed by atoms with Crippen LogP contribution in [-0.4, -0.2) is 6.54 Å². The van der Waals surface area contributed by atoms with Crippen LogP contribution in [0.5, 0.6) is 0 Å². The van der Waals surface area contributed by atoms with Crippen LogP contribution in [0.2, 0.25) is 5.02 Å². The van der Waals surface area contributed by atoms with Gasteiger partial charge in [0.1, 0.15) is 0 Å². The fourth-order valence-corrected chi connectivity index (χ4v) is 2.39. The first kappa shape index (κ1) is 14.0. The molecule has 0 radical (unpaired) electrons. The predicted octanol–water partition coefficient (Wildman–Crippen LogP) is 4.80. The summed E-state index contributed by atoms with van der Waals surface area (Å²) in [5.41, 5.74) is 1.16. The van der Waals surface area contributed by atoms with Gasteiger partial charge < -0.3 is 5.32 Å². The molecule has 0 fully saturated rings. The van der Waals surface area contributed by atoms with Gasteiger partial charge in [0.25, 0.3) is 0 Å². The maximum atomic E-state index is 6.20. The van der Waals surface area contributed by atoms with E-state index in [0.29, 0.717) is 6.04 Å². The van der Waals surface area contributed by atoms with Gasteiger partial charge in [0, 0.05) is 15.5 Å². The minimum Gasteiger partial charge on any atom is -0.310 e. The summed E-state index contributed by atoms with van der Waals surface area (Å²) >= 11 is 9.61. The molecule has 0 spiro atoms. The quantitative estimate of drug-likeness (QED) is 0.824. The smallest absolute Gasteiger partial charge is 0.0464 e. The van der Waals surface area contributed by atoms with Crippen LogP contribution in [0.4, 0.5) is 0 Å². The zero-order chi connectivity index (χ0) is 12.1. The molecule has 3 heteroatoms. The van der Waals surface area contributed by atoms with E-state index in [2.05, 4.69) is 48.1 Å². The van der Waals surface area contributed by atoms with Gasteiger partial charge in [0.05, 0.1) is 0 Å². The highest BCUT2D eigenvalue weighted by atomic mass is 79.9.